The van der Waals surface area contributed by atoms with Crippen LogP contribution in [0.4, 0.5) is 0 Å². The third-order valence-electron chi connectivity index (χ3n) is 0. The Morgan fingerprint density at radius 2 is 1.50 bits per heavy atom. The summed E-state index contributed by atoms with van der Waals surface area (Å²) in [5, 5.41) is 7.42. The van der Waals surface area contributed by atoms with Gasteiger partial charge in [-0.3, -0.25) is 4.79 Å². The van der Waals surface area contributed by atoms with Crippen molar-refractivity contribution in [1.82, 2.24) is 0 Å². The zero-order valence-electron chi connectivity index (χ0n) is 4.16. The Balaban J connectivity index is 0. The maximum absolute atomic E-state index is 9.00. The predicted molar refractivity (Wildman–Crippen MR) is 18.4 cm³/mol. The molecule has 0 aromatic rings. The Hall–Kier alpha value is -0.0957. The van der Waals surface area contributed by atoms with Crippen molar-refractivity contribution in [2.24, 2.45) is 0 Å². The van der Waals surface area contributed by atoms with Crippen LogP contribution < -0.4 is 0 Å². The molecule has 0 saturated heterocycles. The summed E-state index contributed by atoms with van der Waals surface area (Å²) < 4.78 is 23.2. The van der Waals surface area contributed by atoms with Crippen LogP contribution in [-0.4, -0.2) is 18.5 Å². The number of hydrogen-bond acceptors (Lipinski definition) is 2. The molecule has 3 N–H and O–H groups in total. The van der Waals surface area contributed by atoms with Gasteiger partial charge in [-0.2, -0.15) is 0 Å². The molecule has 0 rings (SSSR count). The molecule has 8 heavy (non-hydrogen) atoms. The normalized spacial score (nSPS) is 6.38. The Morgan fingerprint density at radius 3 is 1.50 bits per heavy atom. The summed E-state index contributed by atoms with van der Waals surface area (Å²) in [6.07, 6.45) is 0. The number of carboxylic acid groups (broad SMARTS) is 1. The average Bonchev–Trinajstić information content (AvgIpc) is 1.25. The summed E-state index contributed by atoms with van der Waals surface area (Å²) in [6.45, 7) is 1.08. The third kappa shape index (κ3) is 15500. The molecule has 0 aromatic heterocycles. The first-order valence-corrected chi connectivity index (χ1v) is 3.61. The van der Waals surface area contributed by atoms with Crippen molar-refractivity contribution in [2.75, 3.05) is 0 Å². The zero-order chi connectivity index (χ0) is 7.15. The zero-order valence-corrected chi connectivity index (χ0v) is 5.72. The van der Waals surface area contributed by atoms with E-state index >= 15 is 0 Å². The average molecular weight is 158 g/mol. The molecule has 0 aliphatic carbocycles. The van der Waals surface area contributed by atoms with Crippen LogP contribution in [-0.2, 0) is 26.7 Å². The molecule has 0 bridgehead atoms. The minimum absolute atomic E-state index is 0.833. The van der Waals surface area contributed by atoms with Gasteiger partial charge in [0.05, 0.1) is 0 Å². The van der Waals surface area contributed by atoms with Crippen molar-refractivity contribution < 1.29 is 39.2 Å². The summed E-state index contributed by atoms with van der Waals surface area (Å²) in [6, 6.07) is 0. The van der Waals surface area contributed by atoms with Crippen molar-refractivity contribution in [2.45, 2.75) is 6.92 Å². The van der Waals surface area contributed by atoms with E-state index in [0.29, 0.717) is 0 Å². The quantitative estimate of drug-likeness (QED) is 0.387. The molecule has 0 fully saturated rings. The third-order valence-corrected chi connectivity index (χ3v) is 0. The van der Waals surface area contributed by atoms with Crippen LogP contribution in [0.2, 0.25) is 0 Å². The van der Waals surface area contributed by atoms with E-state index in [2.05, 4.69) is 0 Å². The fourth-order valence-corrected chi connectivity index (χ4v) is 0. The molecule has 0 aliphatic rings. The van der Waals surface area contributed by atoms with Crippen LogP contribution in [0.3, 0.4) is 0 Å². The van der Waals surface area contributed by atoms with E-state index in [1.165, 1.54) is 0 Å². The van der Waals surface area contributed by atoms with E-state index in [1.54, 1.807) is 0 Å². The summed E-state index contributed by atoms with van der Waals surface area (Å²) >= 11 is -3.58. The van der Waals surface area contributed by atoms with Crippen LogP contribution in [0.25, 0.3) is 0 Å². The first-order chi connectivity index (χ1) is 3.46. The molecule has 6 heteroatoms. The van der Waals surface area contributed by atoms with E-state index < -0.39 is 24.6 Å². The van der Waals surface area contributed by atoms with Gasteiger partial charge in [-0.1, -0.05) is 0 Å². The van der Waals surface area contributed by atoms with Gasteiger partial charge in [-0.15, -0.1) is 0 Å². The van der Waals surface area contributed by atoms with E-state index in [-0.39, 0.29) is 0 Å². The van der Waals surface area contributed by atoms with Crippen molar-refractivity contribution in [3.8, 4) is 0 Å². The van der Waals surface area contributed by atoms with Crippen molar-refractivity contribution in [3.63, 3.8) is 0 Å². The molecule has 0 amide bonds. The molecule has 0 aliphatic heterocycles. The van der Waals surface area contributed by atoms with Gasteiger partial charge in [0, 0.05) is 6.92 Å². The fraction of sp³-hybridized carbons (Fsp3) is 0.500. The van der Waals surface area contributed by atoms with Crippen molar-refractivity contribution in [3.05, 3.63) is 0 Å². The maximum atomic E-state index is 9.00. The first-order valence-electron chi connectivity index (χ1n) is 1.58. The van der Waals surface area contributed by atoms with Crippen LogP contribution in [0, 0.1) is 0 Å². The van der Waals surface area contributed by atoms with Gasteiger partial charge in [0.2, 0.25) is 0 Å². The second-order valence-corrected chi connectivity index (χ2v) is 1.68. The van der Waals surface area contributed by atoms with E-state index in [1.807, 2.05) is 0 Å². The number of carboxylic acids is 1. The predicted octanol–water partition coefficient (Wildman–Crippen LogP) is -1.14. The topological polar surface area (TPSA) is 94.8 Å². The second-order valence-electron chi connectivity index (χ2n) is 0.802. The molecule has 0 atom stereocenters. The Labute approximate surface area is 52.7 Å². The molecule has 0 unspecified atom stereocenters. The Kier molecular flexibility index (Phi) is 9.33. The summed E-state index contributed by atoms with van der Waals surface area (Å²) in [5.41, 5.74) is 0. The SMILES string of the molecule is CC(=O)O.[O]=[Ti]([OH])[OH]. The number of hydrogen-bond donors (Lipinski definition) is 3. The number of rotatable bonds is 0. The van der Waals surface area contributed by atoms with E-state index in [4.69, 9.17) is 20.6 Å². The van der Waals surface area contributed by atoms with Gasteiger partial charge in [0.1, 0.15) is 0 Å². The molecule has 0 saturated carbocycles. The second kappa shape index (κ2) is 6.90. The molecule has 0 spiro atoms. The van der Waals surface area contributed by atoms with Gasteiger partial charge in [-0.05, 0) is 0 Å². The standard InChI is InChI=1S/C2H4O2.2H2O.O.Ti/c1-2(3)4;;;;/h1H3,(H,3,4);2*1H2;;/q;;;;+2/p-2. The van der Waals surface area contributed by atoms with Gasteiger partial charge in [0.15, 0.2) is 0 Å². The molecular formula is C2H6O5Ti. The first kappa shape index (κ1) is 10.8. The van der Waals surface area contributed by atoms with Crippen molar-refractivity contribution in [1.29, 1.82) is 0 Å². The minimum atomic E-state index is -3.58. The fourth-order valence-electron chi connectivity index (χ4n) is 0. The van der Waals surface area contributed by atoms with Gasteiger partial charge >= 0.3 is 29.3 Å². The molecule has 0 aromatic carbocycles. The summed E-state index contributed by atoms with van der Waals surface area (Å²) in [5.74, 6) is -0.833. The molecule has 0 heterocycles. The molecule has 48 valence electrons. The Bertz CT molecular complexity index is 68.4. The van der Waals surface area contributed by atoms with Gasteiger partial charge in [-0.25, -0.2) is 0 Å². The summed E-state index contributed by atoms with van der Waals surface area (Å²) in [4.78, 5) is 9.00. The summed E-state index contributed by atoms with van der Waals surface area (Å²) in [7, 11) is 0. The van der Waals surface area contributed by atoms with Crippen LogP contribution in [0.1, 0.15) is 6.92 Å². The molecule has 5 nitrogen and oxygen atoms in total. The van der Waals surface area contributed by atoms with E-state index in [9.17, 15) is 0 Å². The monoisotopic (exact) mass is 158 g/mol. The number of carbonyl (C=O) groups is 1. The Morgan fingerprint density at radius 1 is 1.50 bits per heavy atom. The van der Waals surface area contributed by atoms with E-state index in [0.717, 1.165) is 6.92 Å². The molecular weight excluding hydrogens is 152 g/mol. The van der Waals surface area contributed by atoms with Gasteiger partial charge < -0.3 is 5.11 Å². The van der Waals surface area contributed by atoms with Crippen LogP contribution in [0.5, 0.6) is 0 Å². The van der Waals surface area contributed by atoms with Gasteiger partial charge in [0.25, 0.3) is 5.97 Å². The van der Waals surface area contributed by atoms with Crippen molar-refractivity contribution >= 4 is 5.97 Å². The molecule has 0 radical (unpaired) electrons. The number of aliphatic carboxylic acids is 1. The van der Waals surface area contributed by atoms with Crippen LogP contribution >= 0.6 is 0 Å². The van der Waals surface area contributed by atoms with Crippen LogP contribution in [0.15, 0.2) is 0 Å².